The zero-order valence-electron chi connectivity index (χ0n) is 17.6. The number of rotatable bonds is 6. The van der Waals surface area contributed by atoms with Crippen molar-refractivity contribution < 1.29 is 0 Å². The number of aryl methyl sites for hydroxylation is 1. The van der Waals surface area contributed by atoms with E-state index in [-0.39, 0.29) is 0 Å². The van der Waals surface area contributed by atoms with E-state index < -0.39 is 0 Å². The van der Waals surface area contributed by atoms with E-state index in [2.05, 4.69) is 59.7 Å². The second-order valence-electron chi connectivity index (χ2n) is 8.20. The van der Waals surface area contributed by atoms with Crippen molar-refractivity contribution in [2.45, 2.75) is 58.2 Å². The van der Waals surface area contributed by atoms with E-state index in [1.165, 1.54) is 43.6 Å². The van der Waals surface area contributed by atoms with Crippen LogP contribution in [-0.4, -0.2) is 52.3 Å². The van der Waals surface area contributed by atoms with E-state index in [9.17, 15) is 0 Å². The first-order valence-electron chi connectivity index (χ1n) is 10.9. The minimum Gasteiger partial charge on any atom is -0.354 e. The Kier molecular flexibility index (Phi) is 6.82. The molecule has 0 amide bonds. The number of nitrogens with one attached hydrogen (secondary N) is 2. The molecule has 4 heterocycles. The van der Waals surface area contributed by atoms with Crippen molar-refractivity contribution in [2.75, 3.05) is 26.7 Å². The maximum Gasteiger partial charge on any atom is 0.191 e. The molecule has 4 rings (SSSR count). The summed E-state index contributed by atoms with van der Waals surface area (Å²) < 4.78 is 2.26. The molecule has 1 fully saturated rings. The number of aliphatic imine (C=N–C) groups is 1. The predicted octanol–water partition coefficient (Wildman–Crippen LogP) is 2.81. The molecule has 158 valence electrons. The molecule has 0 spiro atoms. The number of likely N-dealkylation sites (tertiary alicyclic amines) is 1. The van der Waals surface area contributed by atoms with Gasteiger partial charge in [0.1, 0.15) is 5.82 Å². The maximum absolute atomic E-state index is 4.43. The number of thiophene rings is 1. The number of fused-ring (bicyclic) bond motifs is 1. The summed E-state index contributed by atoms with van der Waals surface area (Å²) in [5.41, 5.74) is 0. The Morgan fingerprint density at radius 1 is 1.24 bits per heavy atom. The third-order valence-electron chi connectivity index (χ3n) is 6.17. The molecule has 2 aliphatic heterocycles. The fourth-order valence-corrected chi connectivity index (χ4v) is 5.17. The molecule has 0 radical (unpaired) electrons. The Hall–Kier alpha value is -1.93. The van der Waals surface area contributed by atoms with E-state index in [0.717, 1.165) is 43.0 Å². The SMILES string of the molecule is CN=C(NCc1nnc2n1CCCC2)NCC(c1cccs1)N1CCC(C)CC1. The van der Waals surface area contributed by atoms with Gasteiger partial charge in [0.15, 0.2) is 11.8 Å². The highest BCUT2D eigenvalue weighted by Crippen LogP contribution is 2.29. The van der Waals surface area contributed by atoms with Gasteiger partial charge in [0.2, 0.25) is 0 Å². The van der Waals surface area contributed by atoms with Gasteiger partial charge in [-0.05, 0) is 56.1 Å². The summed E-state index contributed by atoms with van der Waals surface area (Å²) in [5, 5.41) is 17.9. The lowest BCUT2D eigenvalue weighted by Gasteiger charge is -2.36. The van der Waals surface area contributed by atoms with Crippen LogP contribution < -0.4 is 10.6 Å². The summed E-state index contributed by atoms with van der Waals surface area (Å²) in [6.45, 7) is 7.24. The normalized spacial score (nSPS) is 19.7. The minimum atomic E-state index is 0.391. The van der Waals surface area contributed by atoms with Gasteiger partial charge in [-0.25, -0.2) is 0 Å². The molecule has 1 saturated heterocycles. The van der Waals surface area contributed by atoms with Gasteiger partial charge in [0.05, 0.1) is 12.6 Å². The number of aromatic nitrogens is 3. The lowest BCUT2D eigenvalue weighted by molar-refractivity contribution is 0.140. The lowest BCUT2D eigenvalue weighted by Crippen LogP contribution is -2.45. The van der Waals surface area contributed by atoms with Crippen LogP contribution in [0.4, 0.5) is 0 Å². The molecule has 2 N–H and O–H groups in total. The second kappa shape index (κ2) is 9.71. The highest BCUT2D eigenvalue weighted by Gasteiger charge is 2.25. The van der Waals surface area contributed by atoms with Crippen molar-refractivity contribution in [3.63, 3.8) is 0 Å². The van der Waals surface area contributed by atoms with Crippen LogP contribution >= 0.6 is 11.3 Å². The maximum atomic E-state index is 4.43. The molecule has 2 aliphatic rings. The Balaban J connectivity index is 1.35. The number of hydrogen-bond donors (Lipinski definition) is 2. The first-order chi connectivity index (χ1) is 14.2. The van der Waals surface area contributed by atoms with Crippen molar-refractivity contribution in [1.29, 1.82) is 0 Å². The monoisotopic (exact) mass is 415 g/mol. The highest BCUT2D eigenvalue weighted by molar-refractivity contribution is 7.10. The van der Waals surface area contributed by atoms with E-state index in [4.69, 9.17) is 0 Å². The summed E-state index contributed by atoms with van der Waals surface area (Å²) in [5.74, 6) is 3.78. The van der Waals surface area contributed by atoms with E-state index in [1.54, 1.807) is 0 Å². The Morgan fingerprint density at radius 3 is 2.86 bits per heavy atom. The van der Waals surface area contributed by atoms with Gasteiger partial charge in [-0.2, -0.15) is 0 Å². The number of nitrogens with zero attached hydrogens (tertiary/aromatic N) is 5. The average Bonchev–Trinajstić information content (AvgIpc) is 3.42. The molecule has 7 nitrogen and oxygen atoms in total. The van der Waals surface area contributed by atoms with Crippen LogP contribution in [0.3, 0.4) is 0 Å². The van der Waals surface area contributed by atoms with E-state index in [0.29, 0.717) is 12.6 Å². The van der Waals surface area contributed by atoms with Crippen LogP contribution in [0.1, 0.15) is 55.2 Å². The summed E-state index contributed by atoms with van der Waals surface area (Å²) in [6.07, 6.45) is 6.03. The first-order valence-corrected chi connectivity index (χ1v) is 11.8. The zero-order valence-corrected chi connectivity index (χ0v) is 18.4. The topological polar surface area (TPSA) is 70.4 Å². The smallest absolute Gasteiger partial charge is 0.191 e. The molecule has 1 unspecified atom stereocenters. The predicted molar refractivity (Wildman–Crippen MR) is 118 cm³/mol. The first kappa shape index (κ1) is 20.3. The molecule has 8 heteroatoms. The average molecular weight is 416 g/mol. The van der Waals surface area contributed by atoms with Gasteiger partial charge in [-0.15, -0.1) is 21.5 Å². The van der Waals surface area contributed by atoms with Gasteiger partial charge in [-0.3, -0.25) is 9.89 Å². The zero-order chi connectivity index (χ0) is 20.1. The number of hydrogen-bond acceptors (Lipinski definition) is 5. The lowest BCUT2D eigenvalue weighted by atomic mass is 9.97. The quantitative estimate of drug-likeness (QED) is 0.561. The van der Waals surface area contributed by atoms with Crippen LogP contribution in [0, 0.1) is 5.92 Å². The van der Waals surface area contributed by atoms with Crippen LogP contribution in [0.25, 0.3) is 0 Å². The molecule has 1 atom stereocenters. The van der Waals surface area contributed by atoms with Crippen LogP contribution in [0.2, 0.25) is 0 Å². The molecule has 0 bridgehead atoms. The minimum absolute atomic E-state index is 0.391. The fraction of sp³-hybridized carbons (Fsp3) is 0.667. The summed E-state index contributed by atoms with van der Waals surface area (Å²) in [7, 11) is 1.83. The van der Waals surface area contributed by atoms with Crippen molar-refractivity contribution in [3.8, 4) is 0 Å². The molecule has 0 aromatic carbocycles. The van der Waals surface area contributed by atoms with Crippen LogP contribution in [-0.2, 0) is 19.5 Å². The Bertz CT molecular complexity index is 790. The summed E-state index contributed by atoms with van der Waals surface area (Å²) in [6, 6.07) is 4.80. The van der Waals surface area contributed by atoms with E-state index >= 15 is 0 Å². The molecule has 2 aromatic rings. The Morgan fingerprint density at radius 2 is 2.10 bits per heavy atom. The highest BCUT2D eigenvalue weighted by atomic mass is 32.1. The van der Waals surface area contributed by atoms with Gasteiger partial charge in [0, 0.05) is 31.4 Å². The fourth-order valence-electron chi connectivity index (χ4n) is 4.31. The third kappa shape index (κ3) is 4.98. The van der Waals surface area contributed by atoms with E-state index in [1.807, 2.05) is 18.4 Å². The molecule has 29 heavy (non-hydrogen) atoms. The van der Waals surface area contributed by atoms with Crippen LogP contribution in [0.5, 0.6) is 0 Å². The van der Waals surface area contributed by atoms with Gasteiger partial charge < -0.3 is 15.2 Å². The Labute approximate surface area is 177 Å². The number of guanidine groups is 1. The third-order valence-corrected chi connectivity index (χ3v) is 7.14. The largest absolute Gasteiger partial charge is 0.354 e. The number of piperidine rings is 1. The molecular weight excluding hydrogens is 382 g/mol. The van der Waals surface area contributed by atoms with Crippen molar-refractivity contribution in [2.24, 2.45) is 10.9 Å². The van der Waals surface area contributed by atoms with Gasteiger partial charge in [-0.1, -0.05) is 13.0 Å². The van der Waals surface area contributed by atoms with Crippen molar-refractivity contribution in [3.05, 3.63) is 34.0 Å². The molecule has 2 aromatic heterocycles. The summed E-state index contributed by atoms with van der Waals surface area (Å²) >= 11 is 1.85. The standard InChI is InChI=1S/C21H33N7S/c1-16-8-11-27(12-9-16)17(18-6-5-13-29-18)14-23-21(22-2)24-15-20-26-25-19-7-3-4-10-28(19)20/h5-6,13,16-17H,3-4,7-12,14-15H2,1-2H3,(H2,22,23,24). The summed E-state index contributed by atoms with van der Waals surface area (Å²) in [4.78, 5) is 8.48. The molecule has 0 saturated carbocycles. The van der Waals surface area contributed by atoms with Crippen molar-refractivity contribution in [1.82, 2.24) is 30.3 Å². The van der Waals surface area contributed by atoms with Gasteiger partial charge in [0.25, 0.3) is 0 Å². The van der Waals surface area contributed by atoms with Crippen molar-refractivity contribution >= 4 is 17.3 Å². The second-order valence-corrected chi connectivity index (χ2v) is 9.18. The molecular formula is C21H33N7S. The van der Waals surface area contributed by atoms with Crippen LogP contribution in [0.15, 0.2) is 22.5 Å². The van der Waals surface area contributed by atoms with Gasteiger partial charge >= 0.3 is 0 Å². The molecule has 0 aliphatic carbocycles.